The molecule has 0 atom stereocenters. The second-order valence-corrected chi connectivity index (χ2v) is 3.47. The summed E-state index contributed by atoms with van der Waals surface area (Å²) in [4.78, 5) is 0. The van der Waals surface area contributed by atoms with Crippen LogP contribution in [0.1, 0.15) is 11.1 Å². The maximum atomic E-state index is 8.56. The first-order valence-electron chi connectivity index (χ1n) is 4.30. The Hall–Kier alpha value is -0.570. The second kappa shape index (κ2) is 5.22. The number of rotatable bonds is 4. The van der Waals surface area contributed by atoms with Gasteiger partial charge < -0.3 is 10.4 Å². The van der Waals surface area contributed by atoms with Gasteiger partial charge in [-0.25, -0.2) is 0 Å². The molecule has 0 aliphatic rings. The van der Waals surface area contributed by atoms with Crippen LogP contribution >= 0.6 is 11.6 Å². The Kier molecular flexibility index (Phi) is 4.22. The lowest BCUT2D eigenvalue weighted by molar-refractivity contribution is 0.292. The summed E-state index contributed by atoms with van der Waals surface area (Å²) in [5, 5.41) is 12.4. The van der Waals surface area contributed by atoms with Gasteiger partial charge in [0.15, 0.2) is 0 Å². The highest BCUT2D eigenvalue weighted by Crippen LogP contribution is 2.14. The maximum Gasteiger partial charge on any atom is 0.0556 e. The number of aliphatic hydroxyl groups is 1. The minimum absolute atomic E-state index is 0.166. The lowest BCUT2D eigenvalue weighted by Crippen LogP contribution is -2.17. The molecule has 72 valence electrons. The van der Waals surface area contributed by atoms with Crippen LogP contribution in [-0.2, 0) is 6.54 Å². The van der Waals surface area contributed by atoms with E-state index in [9.17, 15) is 0 Å². The average molecular weight is 200 g/mol. The molecule has 0 saturated carbocycles. The quantitative estimate of drug-likeness (QED) is 0.724. The summed E-state index contributed by atoms with van der Waals surface area (Å²) in [7, 11) is 0. The van der Waals surface area contributed by atoms with E-state index in [-0.39, 0.29) is 6.61 Å². The first-order valence-corrected chi connectivity index (χ1v) is 4.68. The van der Waals surface area contributed by atoms with Crippen molar-refractivity contribution in [3.63, 3.8) is 0 Å². The molecule has 2 nitrogen and oxygen atoms in total. The van der Waals surface area contributed by atoms with E-state index in [1.165, 1.54) is 0 Å². The van der Waals surface area contributed by atoms with Crippen molar-refractivity contribution in [1.29, 1.82) is 0 Å². The predicted octanol–water partition coefficient (Wildman–Crippen LogP) is 1.73. The zero-order valence-electron chi connectivity index (χ0n) is 7.68. The third-order valence-corrected chi connectivity index (χ3v) is 1.94. The van der Waals surface area contributed by atoms with E-state index in [4.69, 9.17) is 16.7 Å². The van der Waals surface area contributed by atoms with Crippen molar-refractivity contribution in [1.82, 2.24) is 5.32 Å². The molecule has 0 amide bonds. The van der Waals surface area contributed by atoms with Crippen LogP contribution < -0.4 is 5.32 Å². The highest BCUT2D eigenvalue weighted by Gasteiger charge is 1.95. The highest BCUT2D eigenvalue weighted by molar-refractivity contribution is 6.30. The van der Waals surface area contributed by atoms with Crippen molar-refractivity contribution in [2.24, 2.45) is 0 Å². The number of aryl methyl sites for hydroxylation is 1. The molecule has 0 aliphatic carbocycles. The molecular weight excluding hydrogens is 186 g/mol. The molecular formula is C10H14ClNO. The van der Waals surface area contributed by atoms with Crippen molar-refractivity contribution < 1.29 is 5.11 Å². The van der Waals surface area contributed by atoms with Gasteiger partial charge in [-0.3, -0.25) is 0 Å². The van der Waals surface area contributed by atoms with Crippen LogP contribution in [0.4, 0.5) is 0 Å². The Morgan fingerprint density at radius 3 is 2.77 bits per heavy atom. The Morgan fingerprint density at radius 2 is 2.15 bits per heavy atom. The molecule has 1 rings (SSSR count). The fourth-order valence-corrected chi connectivity index (χ4v) is 1.54. The lowest BCUT2D eigenvalue weighted by atomic mass is 10.1. The zero-order valence-corrected chi connectivity index (χ0v) is 8.43. The highest BCUT2D eigenvalue weighted by atomic mass is 35.5. The molecule has 0 fully saturated rings. The topological polar surface area (TPSA) is 32.3 Å². The van der Waals surface area contributed by atoms with Gasteiger partial charge in [0.25, 0.3) is 0 Å². The van der Waals surface area contributed by atoms with Crippen molar-refractivity contribution in [3.8, 4) is 0 Å². The van der Waals surface area contributed by atoms with Crippen LogP contribution in [0.15, 0.2) is 18.2 Å². The third kappa shape index (κ3) is 3.77. The molecule has 0 saturated heterocycles. The van der Waals surface area contributed by atoms with E-state index in [0.717, 1.165) is 22.7 Å². The van der Waals surface area contributed by atoms with E-state index >= 15 is 0 Å². The Balaban J connectivity index is 2.56. The van der Waals surface area contributed by atoms with Crippen LogP contribution in [0, 0.1) is 6.92 Å². The molecule has 0 radical (unpaired) electrons. The number of hydrogen-bond donors (Lipinski definition) is 2. The monoisotopic (exact) mass is 199 g/mol. The lowest BCUT2D eigenvalue weighted by Gasteiger charge is -2.04. The van der Waals surface area contributed by atoms with E-state index in [1.807, 2.05) is 19.1 Å². The first-order chi connectivity index (χ1) is 6.22. The van der Waals surface area contributed by atoms with Crippen LogP contribution in [0.25, 0.3) is 0 Å². The van der Waals surface area contributed by atoms with E-state index in [1.54, 1.807) is 0 Å². The Bertz CT molecular complexity index is 255. The molecule has 2 N–H and O–H groups in total. The summed E-state index contributed by atoms with van der Waals surface area (Å²) in [6, 6.07) is 5.94. The molecule has 0 spiro atoms. The minimum Gasteiger partial charge on any atom is -0.395 e. The minimum atomic E-state index is 0.166. The first kappa shape index (κ1) is 10.5. The molecule has 13 heavy (non-hydrogen) atoms. The van der Waals surface area contributed by atoms with Gasteiger partial charge in [0, 0.05) is 18.1 Å². The SMILES string of the molecule is Cc1cc(Cl)cc(CNCCO)c1. The number of hydrogen-bond acceptors (Lipinski definition) is 2. The Morgan fingerprint density at radius 1 is 1.38 bits per heavy atom. The van der Waals surface area contributed by atoms with E-state index < -0.39 is 0 Å². The maximum absolute atomic E-state index is 8.56. The third-order valence-electron chi connectivity index (χ3n) is 1.72. The molecule has 0 unspecified atom stereocenters. The molecule has 0 aromatic heterocycles. The summed E-state index contributed by atoms with van der Waals surface area (Å²) in [6.07, 6.45) is 0. The van der Waals surface area contributed by atoms with Gasteiger partial charge in [-0.2, -0.15) is 0 Å². The van der Waals surface area contributed by atoms with Gasteiger partial charge in [-0.1, -0.05) is 17.7 Å². The van der Waals surface area contributed by atoms with Crippen LogP contribution in [0.5, 0.6) is 0 Å². The second-order valence-electron chi connectivity index (χ2n) is 3.04. The predicted molar refractivity (Wildman–Crippen MR) is 55.0 cm³/mol. The molecule has 3 heteroatoms. The molecule has 1 aromatic carbocycles. The number of aliphatic hydroxyl groups excluding tert-OH is 1. The molecule has 1 aromatic rings. The summed E-state index contributed by atoms with van der Waals surface area (Å²) in [6.45, 7) is 3.55. The van der Waals surface area contributed by atoms with Gasteiger partial charge in [0.1, 0.15) is 0 Å². The van der Waals surface area contributed by atoms with Crippen molar-refractivity contribution >= 4 is 11.6 Å². The van der Waals surface area contributed by atoms with Gasteiger partial charge in [0.05, 0.1) is 6.61 Å². The molecule has 0 aliphatic heterocycles. The smallest absolute Gasteiger partial charge is 0.0556 e. The van der Waals surface area contributed by atoms with Gasteiger partial charge in [-0.15, -0.1) is 0 Å². The average Bonchev–Trinajstić information content (AvgIpc) is 2.03. The fraction of sp³-hybridized carbons (Fsp3) is 0.400. The van der Waals surface area contributed by atoms with E-state index in [2.05, 4.69) is 11.4 Å². The van der Waals surface area contributed by atoms with Crippen molar-refractivity contribution in [2.75, 3.05) is 13.2 Å². The van der Waals surface area contributed by atoms with Gasteiger partial charge >= 0.3 is 0 Å². The zero-order chi connectivity index (χ0) is 9.68. The number of benzene rings is 1. The van der Waals surface area contributed by atoms with E-state index in [0.29, 0.717) is 6.54 Å². The summed E-state index contributed by atoms with van der Waals surface area (Å²) < 4.78 is 0. The van der Waals surface area contributed by atoms with Gasteiger partial charge in [0.2, 0.25) is 0 Å². The largest absolute Gasteiger partial charge is 0.395 e. The Labute approximate surface area is 83.5 Å². The molecule has 0 heterocycles. The normalized spacial score (nSPS) is 10.4. The van der Waals surface area contributed by atoms with Crippen molar-refractivity contribution in [2.45, 2.75) is 13.5 Å². The molecule has 0 bridgehead atoms. The van der Waals surface area contributed by atoms with Crippen LogP contribution in [0.3, 0.4) is 0 Å². The summed E-state index contributed by atoms with van der Waals surface area (Å²) in [5.74, 6) is 0. The van der Waals surface area contributed by atoms with Crippen LogP contribution in [-0.4, -0.2) is 18.3 Å². The number of halogens is 1. The summed E-state index contributed by atoms with van der Waals surface area (Å²) >= 11 is 5.89. The number of nitrogens with one attached hydrogen (secondary N) is 1. The fourth-order valence-electron chi connectivity index (χ4n) is 1.23. The van der Waals surface area contributed by atoms with Crippen LogP contribution in [0.2, 0.25) is 5.02 Å². The standard InChI is InChI=1S/C10H14ClNO/c1-8-4-9(6-10(11)5-8)7-12-2-3-13/h4-6,12-13H,2-3,7H2,1H3. The summed E-state index contributed by atoms with van der Waals surface area (Å²) in [5.41, 5.74) is 2.31. The van der Waals surface area contributed by atoms with Crippen molar-refractivity contribution in [3.05, 3.63) is 34.3 Å². The van der Waals surface area contributed by atoms with Gasteiger partial charge in [-0.05, 0) is 30.2 Å².